The summed E-state index contributed by atoms with van der Waals surface area (Å²) in [6.45, 7) is 9.61. The first-order valence-electron chi connectivity index (χ1n) is 6.51. The van der Waals surface area contributed by atoms with Crippen molar-refractivity contribution in [3.8, 4) is 0 Å². The molecule has 0 aliphatic carbocycles. The normalized spacial score (nSPS) is 18.8. The van der Waals surface area contributed by atoms with Gasteiger partial charge in [-0.2, -0.15) is 0 Å². The summed E-state index contributed by atoms with van der Waals surface area (Å²) in [5.74, 6) is -0.117. The van der Waals surface area contributed by atoms with Crippen LogP contribution in [-0.2, 0) is 0 Å². The minimum atomic E-state index is -0.117. The lowest BCUT2D eigenvalue weighted by molar-refractivity contribution is 0.244. The molecule has 0 amide bonds. The zero-order chi connectivity index (χ0) is 13.0. The Morgan fingerprint density at radius 2 is 2.11 bits per heavy atom. The highest BCUT2D eigenvalue weighted by Crippen LogP contribution is 2.25. The van der Waals surface area contributed by atoms with E-state index in [1.165, 1.54) is 0 Å². The Labute approximate surface area is 113 Å². The first-order chi connectivity index (χ1) is 8.65. The van der Waals surface area contributed by atoms with Gasteiger partial charge in [0.2, 0.25) is 0 Å². The third-order valence-electron chi connectivity index (χ3n) is 3.19. The van der Waals surface area contributed by atoms with Crippen molar-refractivity contribution in [3.05, 3.63) is 29.6 Å². The fourth-order valence-corrected chi connectivity index (χ4v) is 3.36. The number of aryl methyl sites for hydroxylation is 1. The molecule has 0 spiro atoms. The Morgan fingerprint density at radius 1 is 1.39 bits per heavy atom. The Hall–Kier alpha value is -0.580. The smallest absolute Gasteiger partial charge is 0.126 e. The van der Waals surface area contributed by atoms with E-state index in [9.17, 15) is 4.39 Å². The van der Waals surface area contributed by atoms with Crippen LogP contribution >= 0.6 is 11.8 Å². The third-order valence-corrected chi connectivity index (χ3v) is 4.27. The predicted molar refractivity (Wildman–Crippen MR) is 75.8 cm³/mol. The highest BCUT2D eigenvalue weighted by Gasteiger charge is 2.14. The van der Waals surface area contributed by atoms with Gasteiger partial charge in [0.05, 0.1) is 0 Å². The molecule has 1 saturated heterocycles. The number of nitrogens with one attached hydrogen (secondary N) is 1. The maximum atomic E-state index is 13.2. The quantitative estimate of drug-likeness (QED) is 0.845. The number of hydrogen-bond donors (Lipinski definition) is 1. The second-order valence-corrected chi connectivity index (χ2v) is 6.40. The average Bonchev–Trinajstić information content (AvgIpc) is 2.35. The van der Waals surface area contributed by atoms with E-state index in [0.717, 1.165) is 43.2 Å². The largest absolute Gasteiger partial charge is 0.314 e. The topological polar surface area (TPSA) is 15.3 Å². The molecule has 1 aliphatic heterocycles. The number of piperazine rings is 1. The van der Waals surface area contributed by atoms with E-state index in [2.05, 4.69) is 17.1 Å². The lowest BCUT2D eigenvalue weighted by Gasteiger charge is -2.29. The van der Waals surface area contributed by atoms with E-state index in [4.69, 9.17) is 0 Å². The molecule has 1 fully saturated rings. The standard InChI is InChI=1S/C14H21FN2S/c1-11-9-13(3-4-14(11)15)18-12(2)10-17-7-5-16-6-8-17/h3-4,9,12,16H,5-8,10H2,1-2H3. The summed E-state index contributed by atoms with van der Waals surface area (Å²) in [5.41, 5.74) is 0.731. The molecule has 2 rings (SSSR count). The van der Waals surface area contributed by atoms with E-state index in [-0.39, 0.29) is 5.82 Å². The van der Waals surface area contributed by atoms with Gasteiger partial charge < -0.3 is 5.32 Å². The van der Waals surface area contributed by atoms with Crippen molar-refractivity contribution in [1.29, 1.82) is 0 Å². The van der Waals surface area contributed by atoms with Crippen molar-refractivity contribution in [1.82, 2.24) is 10.2 Å². The van der Waals surface area contributed by atoms with Gasteiger partial charge in [-0.25, -0.2) is 4.39 Å². The van der Waals surface area contributed by atoms with Crippen LogP contribution in [0.2, 0.25) is 0 Å². The molecule has 1 heterocycles. The number of benzene rings is 1. The van der Waals surface area contributed by atoms with Gasteiger partial charge in [0, 0.05) is 42.9 Å². The number of halogens is 1. The number of thioether (sulfide) groups is 1. The van der Waals surface area contributed by atoms with Crippen LogP contribution in [0.25, 0.3) is 0 Å². The van der Waals surface area contributed by atoms with Crippen LogP contribution in [0.4, 0.5) is 4.39 Å². The lowest BCUT2D eigenvalue weighted by Crippen LogP contribution is -2.45. The average molecular weight is 268 g/mol. The van der Waals surface area contributed by atoms with Crippen LogP contribution in [-0.4, -0.2) is 42.9 Å². The van der Waals surface area contributed by atoms with Gasteiger partial charge in [0.15, 0.2) is 0 Å². The number of nitrogens with zero attached hydrogens (tertiary/aromatic N) is 1. The second kappa shape index (κ2) is 6.55. The van der Waals surface area contributed by atoms with Crippen molar-refractivity contribution in [2.45, 2.75) is 24.0 Å². The minimum Gasteiger partial charge on any atom is -0.314 e. The molecule has 1 aliphatic rings. The zero-order valence-electron chi connectivity index (χ0n) is 11.1. The maximum absolute atomic E-state index is 13.2. The summed E-state index contributed by atoms with van der Waals surface area (Å²) in [5, 5.41) is 3.90. The molecular weight excluding hydrogens is 247 g/mol. The van der Waals surface area contributed by atoms with E-state index in [0.29, 0.717) is 5.25 Å². The van der Waals surface area contributed by atoms with Crippen molar-refractivity contribution >= 4 is 11.8 Å². The Bertz CT molecular complexity index is 391. The molecule has 1 N–H and O–H groups in total. The van der Waals surface area contributed by atoms with Gasteiger partial charge in [0.25, 0.3) is 0 Å². The minimum absolute atomic E-state index is 0.117. The molecule has 2 nitrogen and oxygen atoms in total. The fourth-order valence-electron chi connectivity index (χ4n) is 2.22. The van der Waals surface area contributed by atoms with E-state index in [1.807, 2.05) is 30.8 Å². The Balaban J connectivity index is 1.85. The molecule has 0 bridgehead atoms. The van der Waals surface area contributed by atoms with Crippen molar-refractivity contribution in [2.75, 3.05) is 32.7 Å². The summed E-state index contributed by atoms with van der Waals surface area (Å²) in [6.07, 6.45) is 0. The molecule has 18 heavy (non-hydrogen) atoms. The molecule has 0 radical (unpaired) electrons. The summed E-state index contributed by atoms with van der Waals surface area (Å²) in [4.78, 5) is 3.65. The van der Waals surface area contributed by atoms with Crippen LogP contribution in [0.1, 0.15) is 12.5 Å². The van der Waals surface area contributed by atoms with Crippen LogP contribution in [0.5, 0.6) is 0 Å². The summed E-state index contributed by atoms with van der Waals surface area (Å²) >= 11 is 1.83. The number of rotatable bonds is 4. The molecule has 1 unspecified atom stereocenters. The van der Waals surface area contributed by atoms with Gasteiger partial charge in [-0.05, 0) is 30.7 Å². The SMILES string of the molecule is Cc1cc(SC(C)CN2CCNCC2)ccc1F. The molecule has 0 saturated carbocycles. The van der Waals surface area contributed by atoms with Crippen LogP contribution < -0.4 is 5.32 Å². The molecular formula is C14H21FN2S. The zero-order valence-corrected chi connectivity index (χ0v) is 11.9. The van der Waals surface area contributed by atoms with Gasteiger partial charge >= 0.3 is 0 Å². The molecule has 1 aromatic carbocycles. The molecule has 1 atom stereocenters. The summed E-state index contributed by atoms with van der Waals surface area (Å²) in [6, 6.07) is 5.38. The summed E-state index contributed by atoms with van der Waals surface area (Å²) < 4.78 is 13.2. The molecule has 4 heteroatoms. The first-order valence-corrected chi connectivity index (χ1v) is 7.39. The van der Waals surface area contributed by atoms with Gasteiger partial charge in [-0.15, -0.1) is 11.8 Å². The van der Waals surface area contributed by atoms with Crippen molar-refractivity contribution in [3.63, 3.8) is 0 Å². The second-order valence-electron chi connectivity index (χ2n) is 4.89. The van der Waals surface area contributed by atoms with E-state index < -0.39 is 0 Å². The van der Waals surface area contributed by atoms with E-state index in [1.54, 1.807) is 6.07 Å². The highest BCUT2D eigenvalue weighted by atomic mass is 32.2. The molecule has 1 aromatic rings. The van der Waals surface area contributed by atoms with Crippen molar-refractivity contribution in [2.24, 2.45) is 0 Å². The van der Waals surface area contributed by atoms with Gasteiger partial charge in [0.1, 0.15) is 5.82 Å². The highest BCUT2D eigenvalue weighted by molar-refractivity contribution is 8.00. The first kappa shape index (κ1) is 13.8. The van der Waals surface area contributed by atoms with Crippen LogP contribution in [0.15, 0.2) is 23.1 Å². The fraction of sp³-hybridized carbons (Fsp3) is 0.571. The Morgan fingerprint density at radius 3 is 2.78 bits per heavy atom. The Kier molecular flexibility index (Phi) is 5.03. The molecule has 100 valence electrons. The van der Waals surface area contributed by atoms with Gasteiger partial charge in [-0.3, -0.25) is 4.90 Å². The molecule has 0 aromatic heterocycles. The van der Waals surface area contributed by atoms with Crippen LogP contribution in [0.3, 0.4) is 0 Å². The van der Waals surface area contributed by atoms with Crippen molar-refractivity contribution < 1.29 is 4.39 Å². The number of hydrogen-bond acceptors (Lipinski definition) is 3. The lowest BCUT2D eigenvalue weighted by atomic mass is 10.2. The maximum Gasteiger partial charge on any atom is 0.126 e. The third kappa shape index (κ3) is 3.97. The summed E-state index contributed by atoms with van der Waals surface area (Å²) in [7, 11) is 0. The van der Waals surface area contributed by atoms with E-state index >= 15 is 0 Å². The monoisotopic (exact) mass is 268 g/mol. The predicted octanol–water partition coefficient (Wildman–Crippen LogP) is 2.52. The van der Waals surface area contributed by atoms with Crippen LogP contribution in [0, 0.1) is 12.7 Å². The van der Waals surface area contributed by atoms with Gasteiger partial charge in [-0.1, -0.05) is 6.92 Å².